The summed E-state index contributed by atoms with van der Waals surface area (Å²) in [5, 5.41) is 6.36. The lowest BCUT2D eigenvalue weighted by Crippen LogP contribution is -2.51. The number of nitrogens with one attached hydrogen (secondary N) is 2. The first-order chi connectivity index (χ1) is 12.4. The van der Waals surface area contributed by atoms with Crippen molar-refractivity contribution in [2.24, 2.45) is 5.73 Å². The number of anilines is 1. The Bertz CT molecular complexity index is 802. The van der Waals surface area contributed by atoms with Crippen molar-refractivity contribution < 1.29 is 13.9 Å². The van der Waals surface area contributed by atoms with Gasteiger partial charge in [-0.15, -0.1) is 0 Å². The van der Waals surface area contributed by atoms with E-state index < -0.39 is 17.3 Å². The highest BCUT2D eigenvalue weighted by Crippen LogP contribution is 2.29. The Labute approximate surface area is 155 Å². The molecule has 0 radical (unpaired) electrons. The molecule has 0 spiro atoms. The Hall–Kier alpha value is -2.06. The lowest BCUT2D eigenvalue weighted by Gasteiger charge is -2.32. The molecule has 6 nitrogen and oxygen atoms in total. The summed E-state index contributed by atoms with van der Waals surface area (Å²) in [5.74, 6) is -0.813. The molecule has 1 saturated heterocycles. The predicted molar refractivity (Wildman–Crippen MR) is 97.5 cm³/mol. The van der Waals surface area contributed by atoms with E-state index in [2.05, 4.69) is 15.6 Å². The highest BCUT2D eigenvalue weighted by Gasteiger charge is 2.33. The minimum absolute atomic E-state index is 0.212. The Kier molecular flexibility index (Phi) is 5.52. The lowest BCUT2D eigenvalue weighted by atomic mass is 9.91. The topological polar surface area (TPSA) is 89.3 Å². The summed E-state index contributed by atoms with van der Waals surface area (Å²) in [4.78, 5) is 16.3. The van der Waals surface area contributed by atoms with Crippen LogP contribution in [0.5, 0.6) is 0 Å². The van der Waals surface area contributed by atoms with Crippen LogP contribution in [0.3, 0.4) is 0 Å². The minimum atomic E-state index is -0.806. The number of halogens is 2. The molecule has 3 rings (SSSR count). The number of hydrogen-bond acceptors (Lipinski definition) is 5. The van der Waals surface area contributed by atoms with Crippen LogP contribution in [0.1, 0.15) is 29.4 Å². The van der Waals surface area contributed by atoms with Crippen LogP contribution < -0.4 is 16.4 Å². The maximum atomic E-state index is 14.5. The first-order valence-corrected chi connectivity index (χ1v) is 8.59. The third-order valence-electron chi connectivity index (χ3n) is 4.25. The number of nitrogens with zero attached hydrogens (tertiary/aromatic N) is 1. The molecule has 8 heteroatoms. The van der Waals surface area contributed by atoms with E-state index in [1.165, 1.54) is 24.4 Å². The molecule has 1 aliphatic rings. The summed E-state index contributed by atoms with van der Waals surface area (Å²) >= 11 is 5.78. The summed E-state index contributed by atoms with van der Waals surface area (Å²) < 4.78 is 20.1. The van der Waals surface area contributed by atoms with Crippen molar-refractivity contribution >= 4 is 23.2 Å². The van der Waals surface area contributed by atoms with Gasteiger partial charge in [0.1, 0.15) is 11.5 Å². The highest BCUT2D eigenvalue weighted by atomic mass is 35.5. The number of amides is 1. The highest BCUT2D eigenvalue weighted by molar-refractivity contribution is 6.30. The molecule has 1 fully saturated rings. The van der Waals surface area contributed by atoms with E-state index in [-0.39, 0.29) is 18.5 Å². The largest absolute Gasteiger partial charge is 0.379 e. The van der Waals surface area contributed by atoms with Crippen LogP contribution >= 0.6 is 11.6 Å². The Morgan fingerprint density at radius 1 is 1.46 bits per heavy atom. The minimum Gasteiger partial charge on any atom is -0.379 e. The summed E-state index contributed by atoms with van der Waals surface area (Å²) in [6, 6.07) is 7.48. The summed E-state index contributed by atoms with van der Waals surface area (Å²) in [6.45, 7) is 2.60. The van der Waals surface area contributed by atoms with Crippen molar-refractivity contribution in [2.45, 2.75) is 25.0 Å². The van der Waals surface area contributed by atoms with E-state index >= 15 is 0 Å². The van der Waals surface area contributed by atoms with E-state index in [9.17, 15) is 9.18 Å². The van der Waals surface area contributed by atoms with Crippen LogP contribution in [0.25, 0.3) is 0 Å². The molecule has 0 saturated carbocycles. The van der Waals surface area contributed by atoms with Gasteiger partial charge in [0.15, 0.2) is 0 Å². The van der Waals surface area contributed by atoms with E-state index in [4.69, 9.17) is 22.1 Å². The number of benzene rings is 1. The van der Waals surface area contributed by atoms with Gasteiger partial charge in [0.2, 0.25) is 0 Å². The van der Waals surface area contributed by atoms with Gasteiger partial charge in [-0.25, -0.2) is 9.37 Å². The van der Waals surface area contributed by atoms with Crippen LogP contribution in [0.2, 0.25) is 5.02 Å². The fraction of sp³-hybridized carbons (Fsp3) is 0.333. The quantitative estimate of drug-likeness (QED) is 0.764. The number of nitrogens with two attached hydrogens (primary N) is 1. The third kappa shape index (κ3) is 4.19. The molecule has 4 N–H and O–H groups in total. The van der Waals surface area contributed by atoms with Crippen molar-refractivity contribution in [1.82, 2.24) is 10.3 Å². The fourth-order valence-corrected chi connectivity index (χ4v) is 3.01. The van der Waals surface area contributed by atoms with Gasteiger partial charge < -0.3 is 15.8 Å². The van der Waals surface area contributed by atoms with Gasteiger partial charge in [0.25, 0.3) is 5.91 Å². The fourth-order valence-electron chi connectivity index (χ4n) is 2.90. The molecule has 1 aromatic carbocycles. The zero-order valence-electron chi connectivity index (χ0n) is 14.3. The summed E-state index contributed by atoms with van der Waals surface area (Å²) in [7, 11) is 0. The van der Waals surface area contributed by atoms with Crippen molar-refractivity contribution in [2.75, 3.05) is 18.5 Å². The molecule has 2 atom stereocenters. The molecule has 26 heavy (non-hydrogen) atoms. The van der Waals surface area contributed by atoms with Crippen LogP contribution in [0.4, 0.5) is 10.1 Å². The molecule has 1 aromatic heterocycles. The second-order valence-corrected chi connectivity index (χ2v) is 6.87. The molecule has 138 valence electrons. The van der Waals surface area contributed by atoms with Crippen LogP contribution in [-0.2, 0) is 10.3 Å². The average Bonchev–Trinajstić information content (AvgIpc) is 2.78. The number of rotatable bonds is 3. The molecule has 2 aromatic rings. The van der Waals surface area contributed by atoms with Crippen LogP contribution in [-0.4, -0.2) is 30.3 Å². The van der Waals surface area contributed by atoms with Crippen LogP contribution in [0, 0.1) is 5.82 Å². The normalized spacial score (nSPS) is 23.3. The number of pyridine rings is 1. The predicted octanol–water partition coefficient (Wildman–Crippen LogP) is 2.64. The van der Waals surface area contributed by atoms with Crippen molar-refractivity contribution in [1.29, 1.82) is 0 Å². The second-order valence-electron chi connectivity index (χ2n) is 6.43. The molecule has 1 unspecified atom stereocenters. The van der Waals surface area contributed by atoms with E-state index in [0.717, 1.165) is 0 Å². The Balaban J connectivity index is 1.85. The summed E-state index contributed by atoms with van der Waals surface area (Å²) in [5.41, 5.74) is 6.23. The monoisotopic (exact) mass is 378 g/mol. The van der Waals surface area contributed by atoms with Gasteiger partial charge in [-0.2, -0.15) is 0 Å². The smallest absolute Gasteiger partial charge is 0.274 e. The number of aromatic nitrogens is 1. The van der Waals surface area contributed by atoms with Crippen molar-refractivity contribution in [3.05, 3.63) is 58.6 Å². The zero-order chi connectivity index (χ0) is 18.7. The Morgan fingerprint density at radius 2 is 2.27 bits per heavy atom. The van der Waals surface area contributed by atoms with E-state index in [1.807, 2.05) is 6.92 Å². The Morgan fingerprint density at radius 3 is 3.00 bits per heavy atom. The number of carbonyl (C=O) groups excluding carboxylic acids is 1. The van der Waals surface area contributed by atoms with Gasteiger partial charge in [-0.1, -0.05) is 11.6 Å². The van der Waals surface area contributed by atoms with Gasteiger partial charge in [0, 0.05) is 24.1 Å². The maximum Gasteiger partial charge on any atom is 0.274 e. The van der Waals surface area contributed by atoms with Gasteiger partial charge in [0.05, 0.1) is 23.3 Å². The van der Waals surface area contributed by atoms with E-state index in [1.54, 1.807) is 12.1 Å². The standard InChI is InChI=1S/C18H20ClFN4O2/c1-18(10-26-7-6-16(21)24-18)13-8-12(3-4-14(13)20)23-17(25)15-5-2-11(19)9-22-15/h2-5,8-9,16,24H,6-7,10,21H2,1H3,(H,23,25)/t16?,18-/m0/s1. The van der Waals surface area contributed by atoms with Gasteiger partial charge >= 0.3 is 0 Å². The van der Waals surface area contributed by atoms with E-state index in [0.29, 0.717) is 29.3 Å². The second kappa shape index (κ2) is 7.67. The molecule has 0 bridgehead atoms. The summed E-state index contributed by atoms with van der Waals surface area (Å²) in [6.07, 6.45) is 1.72. The molecule has 0 aliphatic carbocycles. The first-order valence-electron chi connectivity index (χ1n) is 8.21. The maximum absolute atomic E-state index is 14.5. The number of ether oxygens (including phenoxy) is 1. The van der Waals surface area contributed by atoms with Crippen LogP contribution in [0.15, 0.2) is 36.5 Å². The SMILES string of the molecule is C[C@@]1(c2cc(NC(=O)c3ccc(Cl)cn3)ccc2F)COCCC(N)N1. The number of hydrogen-bond donors (Lipinski definition) is 3. The van der Waals surface area contributed by atoms with Crippen molar-refractivity contribution in [3.63, 3.8) is 0 Å². The number of carbonyl (C=O) groups is 1. The molecular weight excluding hydrogens is 359 g/mol. The molecule has 1 amide bonds. The van der Waals surface area contributed by atoms with Gasteiger partial charge in [-0.3, -0.25) is 10.1 Å². The molecular formula is C18H20ClFN4O2. The zero-order valence-corrected chi connectivity index (χ0v) is 15.0. The van der Waals surface area contributed by atoms with Crippen molar-refractivity contribution in [3.8, 4) is 0 Å². The third-order valence-corrected chi connectivity index (χ3v) is 4.47. The lowest BCUT2D eigenvalue weighted by molar-refractivity contribution is 0.0968. The molecule has 2 heterocycles. The van der Waals surface area contributed by atoms with Gasteiger partial charge in [-0.05, 0) is 43.7 Å². The average molecular weight is 379 g/mol. The molecule has 1 aliphatic heterocycles. The first kappa shape index (κ1) is 18.7.